The van der Waals surface area contributed by atoms with Gasteiger partial charge in [-0.2, -0.15) is 5.10 Å². The second-order valence-electron chi connectivity index (χ2n) is 7.46. The zero-order chi connectivity index (χ0) is 19.6. The molecule has 0 amide bonds. The Labute approximate surface area is 170 Å². The first-order valence-electron chi connectivity index (χ1n) is 10.1. The molecule has 0 saturated carbocycles. The lowest BCUT2D eigenvalue weighted by Crippen LogP contribution is -2.30. The molecule has 0 spiro atoms. The van der Waals surface area contributed by atoms with E-state index >= 15 is 0 Å². The van der Waals surface area contributed by atoms with Crippen LogP contribution in [-0.2, 0) is 19.5 Å². The van der Waals surface area contributed by atoms with Crippen molar-refractivity contribution in [3.05, 3.63) is 71.7 Å². The van der Waals surface area contributed by atoms with Crippen LogP contribution in [0.3, 0.4) is 0 Å². The first-order valence-corrected chi connectivity index (χ1v) is 10.1. The summed E-state index contributed by atoms with van der Waals surface area (Å²) in [4.78, 5) is 11.2. The average Bonchev–Trinajstić information content (AvgIpc) is 3.18. The van der Waals surface area contributed by atoms with Crippen molar-refractivity contribution in [1.82, 2.24) is 25.1 Å². The molecule has 5 rings (SSSR count). The summed E-state index contributed by atoms with van der Waals surface area (Å²) >= 11 is 0. The molecule has 2 aromatic carbocycles. The largest absolute Gasteiger partial charge is 0.355 e. The molecule has 1 aliphatic heterocycles. The van der Waals surface area contributed by atoms with Crippen LogP contribution in [-0.4, -0.2) is 38.2 Å². The Bertz CT molecular complexity index is 1130. The molecule has 6 nitrogen and oxygen atoms in total. The number of hydrogen-bond donors (Lipinski definition) is 2. The van der Waals surface area contributed by atoms with Crippen LogP contribution in [0.2, 0.25) is 0 Å². The predicted molar refractivity (Wildman–Crippen MR) is 116 cm³/mol. The van der Waals surface area contributed by atoms with Gasteiger partial charge in [-0.1, -0.05) is 42.5 Å². The van der Waals surface area contributed by atoms with E-state index in [0.29, 0.717) is 5.95 Å². The minimum atomic E-state index is 0.685. The van der Waals surface area contributed by atoms with Crippen LogP contribution in [0.25, 0.3) is 22.0 Å². The standard InChI is InChI=1S/C23H24N6/c1-2-24-23-25-12-16(13-26-23)14-29-11-10-21-20(15-29)22(28-27-21)19-9-5-7-17-6-3-4-8-18(17)19/h3-9,12-13H,2,10-11,14-15H2,1H3,(H,27,28)(H,24,25,26). The van der Waals surface area contributed by atoms with E-state index in [1.54, 1.807) is 0 Å². The second-order valence-corrected chi connectivity index (χ2v) is 7.46. The van der Waals surface area contributed by atoms with E-state index < -0.39 is 0 Å². The van der Waals surface area contributed by atoms with Crippen LogP contribution < -0.4 is 5.32 Å². The van der Waals surface area contributed by atoms with Crippen molar-refractivity contribution in [2.75, 3.05) is 18.4 Å². The maximum Gasteiger partial charge on any atom is 0.222 e. The van der Waals surface area contributed by atoms with Crippen molar-refractivity contribution in [1.29, 1.82) is 0 Å². The Morgan fingerprint density at radius 3 is 2.76 bits per heavy atom. The summed E-state index contributed by atoms with van der Waals surface area (Å²) in [5, 5.41) is 13.6. The summed E-state index contributed by atoms with van der Waals surface area (Å²) in [5.41, 5.74) is 5.95. The Morgan fingerprint density at radius 1 is 1.07 bits per heavy atom. The minimum absolute atomic E-state index is 0.685. The van der Waals surface area contributed by atoms with Gasteiger partial charge in [0.1, 0.15) is 0 Å². The van der Waals surface area contributed by atoms with E-state index in [1.807, 2.05) is 19.3 Å². The molecule has 6 heteroatoms. The minimum Gasteiger partial charge on any atom is -0.355 e. The number of benzene rings is 2. The first kappa shape index (κ1) is 17.8. The highest BCUT2D eigenvalue weighted by Crippen LogP contribution is 2.33. The zero-order valence-electron chi connectivity index (χ0n) is 16.5. The summed E-state index contributed by atoms with van der Waals surface area (Å²) in [6.07, 6.45) is 4.81. The summed E-state index contributed by atoms with van der Waals surface area (Å²) in [6.45, 7) is 5.58. The van der Waals surface area contributed by atoms with Crippen molar-refractivity contribution in [2.45, 2.75) is 26.4 Å². The molecule has 0 fully saturated rings. The van der Waals surface area contributed by atoms with Crippen LogP contribution in [0.5, 0.6) is 0 Å². The van der Waals surface area contributed by atoms with Gasteiger partial charge in [-0.3, -0.25) is 10.00 Å². The Hall–Kier alpha value is -3.25. The molecule has 0 atom stereocenters. The third-order valence-corrected chi connectivity index (χ3v) is 5.50. The Morgan fingerprint density at radius 2 is 1.90 bits per heavy atom. The molecule has 0 radical (unpaired) electrons. The van der Waals surface area contributed by atoms with Gasteiger partial charge in [0.2, 0.25) is 5.95 Å². The van der Waals surface area contributed by atoms with Crippen LogP contribution in [0.1, 0.15) is 23.7 Å². The molecule has 29 heavy (non-hydrogen) atoms. The van der Waals surface area contributed by atoms with Crippen molar-refractivity contribution >= 4 is 16.7 Å². The van der Waals surface area contributed by atoms with E-state index in [1.165, 1.54) is 27.6 Å². The lowest BCUT2D eigenvalue weighted by atomic mass is 9.96. The van der Waals surface area contributed by atoms with Gasteiger partial charge in [-0.15, -0.1) is 0 Å². The third kappa shape index (κ3) is 3.47. The molecule has 1 aliphatic rings. The van der Waals surface area contributed by atoms with Gasteiger partial charge in [0, 0.05) is 67.4 Å². The molecule has 2 aromatic heterocycles. The quantitative estimate of drug-likeness (QED) is 0.544. The summed E-state index contributed by atoms with van der Waals surface area (Å²) < 4.78 is 0. The molecule has 0 aliphatic carbocycles. The van der Waals surface area contributed by atoms with Crippen molar-refractivity contribution in [2.24, 2.45) is 0 Å². The highest BCUT2D eigenvalue weighted by molar-refractivity contribution is 5.96. The lowest BCUT2D eigenvalue weighted by molar-refractivity contribution is 0.244. The van der Waals surface area contributed by atoms with Crippen LogP contribution in [0.4, 0.5) is 5.95 Å². The molecule has 4 aromatic rings. The SMILES string of the molecule is CCNc1ncc(CN2CCc3[nH]nc(-c4cccc5ccccc45)c3C2)cn1. The van der Waals surface area contributed by atoms with Crippen molar-refractivity contribution < 1.29 is 0 Å². The van der Waals surface area contributed by atoms with E-state index in [9.17, 15) is 0 Å². The van der Waals surface area contributed by atoms with E-state index in [0.717, 1.165) is 43.9 Å². The van der Waals surface area contributed by atoms with E-state index in [4.69, 9.17) is 5.10 Å². The summed E-state index contributed by atoms with van der Waals surface area (Å²) in [6, 6.07) is 14.9. The molecule has 146 valence electrons. The van der Waals surface area contributed by atoms with Gasteiger partial charge in [0.05, 0.1) is 5.69 Å². The monoisotopic (exact) mass is 384 g/mol. The predicted octanol–water partition coefficient (Wildman–Crippen LogP) is 4.01. The smallest absolute Gasteiger partial charge is 0.222 e. The molecule has 0 unspecified atom stereocenters. The van der Waals surface area contributed by atoms with Gasteiger partial charge >= 0.3 is 0 Å². The lowest BCUT2D eigenvalue weighted by Gasteiger charge is -2.27. The molecule has 2 N–H and O–H groups in total. The normalized spacial score (nSPS) is 14.1. The number of aromatic nitrogens is 4. The molecule has 0 saturated heterocycles. The highest BCUT2D eigenvalue weighted by atomic mass is 15.2. The number of fused-ring (bicyclic) bond motifs is 2. The molecular weight excluding hydrogens is 360 g/mol. The summed E-state index contributed by atoms with van der Waals surface area (Å²) in [7, 11) is 0. The highest BCUT2D eigenvalue weighted by Gasteiger charge is 2.23. The van der Waals surface area contributed by atoms with Crippen molar-refractivity contribution in [3.63, 3.8) is 0 Å². The average molecular weight is 384 g/mol. The van der Waals surface area contributed by atoms with Gasteiger partial charge in [0.15, 0.2) is 0 Å². The number of H-pyrrole nitrogens is 1. The molecular formula is C23H24N6. The topological polar surface area (TPSA) is 69.7 Å². The van der Waals surface area contributed by atoms with Crippen LogP contribution in [0.15, 0.2) is 54.9 Å². The Kier molecular flexibility index (Phi) is 4.69. The molecule has 3 heterocycles. The third-order valence-electron chi connectivity index (χ3n) is 5.50. The zero-order valence-corrected chi connectivity index (χ0v) is 16.5. The van der Waals surface area contributed by atoms with Crippen molar-refractivity contribution in [3.8, 4) is 11.3 Å². The van der Waals surface area contributed by atoms with E-state index in [2.05, 4.69) is 67.7 Å². The number of nitrogens with zero attached hydrogens (tertiary/aromatic N) is 4. The summed E-state index contributed by atoms with van der Waals surface area (Å²) in [5.74, 6) is 0.685. The molecule has 0 bridgehead atoms. The fraction of sp³-hybridized carbons (Fsp3) is 0.261. The Balaban J connectivity index is 1.41. The maximum atomic E-state index is 4.71. The van der Waals surface area contributed by atoms with Crippen LogP contribution in [0, 0.1) is 0 Å². The number of anilines is 1. The number of aromatic amines is 1. The van der Waals surface area contributed by atoms with Crippen LogP contribution >= 0.6 is 0 Å². The fourth-order valence-electron chi connectivity index (χ4n) is 4.08. The van der Waals surface area contributed by atoms with Gasteiger partial charge in [-0.25, -0.2) is 9.97 Å². The van der Waals surface area contributed by atoms with Gasteiger partial charge in [-0.05, 0) is 17.7 Å². The fourth-order valence-corrected chi connectivity index (χ4v) is 4.08. The van der Waals surface area contributed by atoms with E-state index in [-0.39, 0.29) is 0 Å². The maximum absolute atomic E-state index is 4.71. The number of rotatable bonds is 5. The second kappa shape index (κ2) is 7.64. The first-order chi connectivity index (χ1) is 14.3. The number of nitrogens with one attached hydrogen (secondary N) is 2. The van der Waals surface area contributed by atoms with Gasteiger partial charge in [0.25, 0.3) is 0 Å². The van der Waals surface area contributed by atoms with Gasteiger partial charge < -0.3 is 5.32 Å². The number of hydrogen-bond acceptors (Lipinski definition) is 5.